The van der Waals surface area contributed by atoms with E-state index >= 15 is 0 Å². The number of rotatable bonds is 5. The third-order valence-electron chi connectivity index (χ3n) is 6.56. The predicted octanol–water partition coefficient (Wildman–Crippen LogP) is 2.61. The van der Waals surface area contributed by atoms with Crippen molar-refractivity contribution in [2.45, 2.75) is 57.4 Å². The number of carbonyl (C=O) groups excluding carboxylic acids is 1. The Morgan fingerprint density at radius 3 is 2.90 bits per heavy atom. The first-order chi connectivity index (χ1) is 14.1. The second-order valence-electron chi connectivity index (χ2n) is 8.96. The van der Waals surface area contributed by atoms with Gasteiger partial charge in [-0.15, -0.1) is 0 Å². The molecule has 0 radical (unpaired) electrons. The lowest BCUT2D eigenvalue weighted by Gasteiger charge is -2.45. The van der Waals surface area contributed by atoms with E-state index in [1.165, 1.54) is 24.0 Å². The predicted molar refractivity (Wildman–Crippen MR) is 110 cm³/mol. The van der Waals surface area contributed by atoms with Gasteiger partial charge in [0, 0.05) is 38.6 Å². The summed E-state index contributed by atoms with van der Waals surface area (Å²) in [5, 5.41) is 3.10. The molecule has 0 unspecified atom stereocenters. The summed E-state index contributed by atoms with van der Waals surface area (Å²) in [5.41, 5.74) is 2.20. The molecule has 2 aromatic rings. The number of hydrogen-bond donors (Lipinski definition) is 1. The van der Waals surface area contributed by atoms with Crippen molar-refractivity contribution in [1.82, 2.24) is 19.8 Å². The molecule has 29 heavy (non-hydrogen) atoms. The number of aromatic nitrogens is 2. The summed E-state index contributed by atoms with van der Waals surface area (Å²) in [5.74, 6) is 1.68. The molecule has 3 heterocycles. The quantitative estimate of drug-likeness (QED) is 0.847. The molecular formula is C23H30N4O2. The van der Waals surface area contributed by atoms with Crippen LogP contribution in [0, 0.1) is 12.8 Å². The summed E-state index contributed by atoms with van der Waals surface area (Å²) in [6.07, 6.45) is 7.59. The van der Waals surface area contributed by atoms with Crippen molar-refractivity contribution >= 4 is 5.91 Å². The summed E-state index contributed by atoms with van der Waals surface area (Å²) in [4.78, 5) is 19.8. The van der Waals surface area contributed by atoms with Gasteiger partial charge in [0.2, 0.25) is 0 Å². The van der Waals surface area contributed by atoms with Crippen LogP contribution in [0.25, 0.3) is 0 Å². The summed E-state index contributed by atoms with van der Waals surface area (Å²) in [6.45, 7) is 6.32. The maximum absolute atomic E-state index is 12.7. The number of carbonyl (C=O) groups is 1. The third kappa shape index (κ3) is 3.96. The topological polar surface area (TPSA) is 59.4 Å². The Morgan fingerprint density at radius 2 is 2.14 bits per heavy atom. The first-order valence-corrected chi connectivity index (χ1v) is 10.9. The van der Waals surface area contributed by atoms with E-state index in [2.05, 4.69) is 51.0 Å². The van der Waals surface area contributed by atoms with Crippen LogP contribution in [0.1, 0.15) is 42.6 Å². The van der Waals surface area contributed by atoms with E-state index < -0.39 is 11.7 Å². The highest BCUT2D eigenvalue weighted by Gasteiger charge is 2.47. The molecule has 1 N–H and O–H groups in total. The van der Waals surface area contributed by atoms with Gasteiger partial charge in [0.15, 0.2) is 6.10 Å². The Morgan fingerprint density at radius 1 is 1.31 bits per heavy atom. The molecule has 1 atom stereocenters. The first kappa shape index (κ1) is 18.8. The molecule has 0 bridgehead atoms. The average molecular weight is 395 g/mol. The molecule has 1 amide bonds. The van der Waals surface area contributed by atoms with Crippen molar-refractivity contribution in [3.05, 3.63) is 53.6 Å². The van der Waals surface area contributed by atoms with Crippen LogP contribution in [0.4, 0.5) is 0 Å². The number of nitrogens with one attached hydrogen (secondary N) is 1. The summed E-state index contributed by atoms with van der Waals surface area (Å²) in [7, 11) is 0. The highest BCUT2D eigenvalue weighted by atomic mass is 16.5. The van der Waals surface area contributed by atoms with E-state index in [1.807, 2.05) is 12.4 Å². The minimum atomic E-state index is -0.452. The number of nitrogens with zero attached hydrogens (tertiary/aromatic N) is 3. The number of aryl methyl sites for hydroxylation is 1. The van der Waals surface area contributed by atoms with Crippen LogP contribution >= 0.6 is 0 Å². The third-order valence-corrected chi connectivity index (χ3v) is 6.56. The number of ether oxygens (including phenoxy) is 1. The van der Waals surface area contributed by atoms with Crippen LogP contribution in [-0.2, 0) is 28.2 Å². The number of fused-ring (bicyclic) bond motifs is 2. The molecule has 3 aliphatic rings. The molecule has 1 spiro atoms. The first-order valence-electron chi connectivity index (χ1n) is 10.9. The zero-order valence-corrected chi connectivity index (χ0v) is 17.1. The Balaban J connectivity index is 1.27. The average Bonchev–Trinajstić information content (AvgIpc) is 3.42. The maximum Gasteiger partial charge on any atom is 0.251 e. The molecule has 1 aromatic carbocycles. The van der Waals surface area contributed by atoms with E-state index in [-0.39, 0.29) is 5.91 Å². The smallest absolute Gasteiger partial charge is 0.251 e. The van der Waals surface area contributed by atoms with Crippen molar-refractivity contribution in [3.63, 3.8) is 0 Å². The Kier molecular flexibility index (Phi) is 4.92. The molecule has 1 saturated carbocycles. The van der Waals surface area contributed by atoms with Gasteiger partial charge in [-0.05, 0) is 44.1 Å². The van der Waals surface area contributed by atoms with E-state index in [4.69, 9.17) is 4.74 Å². The largest absolute Gasteiger partial charge is 0.354 e. The van der Waals surface area contributed by atoms with E-state index in [0.717, 1.165) is 44.8 Å². The standard InChI is InChI=1S/C23H30N4O2/c1-17-3-2-4-19(13-17)15-26-10-7-23(8-11-26)22-24-9-12-27(22)16-20(29-23)21(28)25-14-18-5-6-18/h2-4,9,12-13,18,20H,5-8,10-11,14-16H2,1H3,(H,25,28)/t20-/m1/s1. The fourth-order valence-electron chi connectivity index (χ4n) is 4.70. The Bertz CT molecular complexity index is 881. The van der Waals surface area contributed by atoms with Gasteiger partial charge in [0.1, 0.15) is 11.4 Å². The zero-order chi connectivity index (χ0) is 19.8. The van der Waals surface area contributed by atoms with Gasteiger partial charge in [0.25, 0.3) is 5.91 Å². The molecule has 5 rings (SSSR count). The highest BCUT2D eigenvalue weighted by molar-refractivity contribution is 5.81. The van der Waals surface area contributed by atoms with Gasteiger partial charge < -0.3 is 14.6 Å². The van der Waals surface area contributed by atoms with Crippen LogP contribution in [0.5, 0.6) is 0 Å². The Hall–Kier alpha value is -2.18. The van der Waals surface area contributed by atoms with Crippen molar-refractivity contribution in [1.29, 1.82) is 0 Å². The molecule has 2 fully saturated rings. The van der Waals surface area contributed by atoms with Crippen LogP contribution in [0.3, 0.4) is 0 Å². The summed E-state index contributed by atoms with van der Waals surface area (Å²) in [6, 6.07) is 8.72. The second kappa shape index (κ2) is 7.58. The monoisotopic (exact) mass is 394 g/mol. The highest BCUT2D eigenvalue weighted by Crippen LogP contribution is 2.40. The number of likely N-dealkylation sites (tertiary alicyclic amines) is 1. The lowest BCUT2D eigenvalue weighted by Crippen LogP contribution is -2.54. The number of benzene rings is 1. The summed E-state index contributed by atoms with van der Waals surface area (Å²) < 4.78 is 8.64. The van der Waals surface area contributed by atoms with E-state index in [1.54, 1.807) is 0 Å². The molecule has 6 heteroatoms. The minimum Gasteiger partial charge on any atom is -0.354 e. The normalized spacial score (nSPS) is 23.7. The van der Waals surface area contributed by atoms with Crippen molar-refractivity contribution < 1.29 is 9.53 Å². The molecule has 1 saturated heterocycles. The molecular weight excluding hydrogens is 364 g/mol. The van der Waals surface area contributed by atoms with Crippen molar-refractivity contribution in [2.75, 3.05) is 19.6 Å². The number of hydrogen-bond acceptors (Lipinski definition) is 4. The summed E-state index contributed by atoms with van der Waals surface area (Å²) >= 11 is 0. The van der Waals surface area contributed by atoms with Gasteiger partial charge in [-0.1, -0.05) is 29.8 Å². The number of imidazole rings is 1. The van der Waals surface area contributed by atoms with Gasteiger partial charge in [-0.3, -0.25) is 9.69 Å². The molecule has 6 nitrogen and oxygen atoms in total. The SMILES string of the molecule is Cc1cccc(CN2CCC3(CC2)O[C@@H](C(=O)NCC2CC2)Cn2ccnc23)c1. The molecule has 1 aliphatic carbocycles. The number of amides is 1. The van der Waals surface area contributed by atoms with Crippen molar-refractivity contribution in [2.24, 2.45) is 5.92 Å². The molecule has 2 aliphatic heterocycles. The molecule has 1 aromatic heterocycles. The fraction of sp³-hybridized carbons (Fsp3) is 0.565. The van der Waals surface area contributed by atoms with Gasteiger partial charge in [0.05, 0.1) is 6.54 Å². The fourth-order valence-corrected chi connectivity index (χ4v) is 4.70. The Labute approximate surface area is 172 Å². The van der Waals surface area contributed by atoms with Gasteiger partial charge >= 0.3 is 0 Å². The van der Waals surface area contributed by atoms with Crippen molar-refractivity contribution in [3.8, 4) is 0 Å². The van der Waals surface area contributed by atoms with Crippen LogP contribution in [0.2, 0.25) is 0 Å². The minimum absolute atomic E-state index is 0.0258. The second-order valence-corrected chi connectivity index (χ2v) is 8.96. The van der Waals surface area contributed by atoms with E-state index in [9.17, 15) is 4.79 Å². The molecule has 154 valence electrons. The van der Waals surface area contributed by atoms with Gasteiger partial charge in [-0.25, -0.2) is 4.98 Å². The van der Waals surface area contributed by atoms with Crippen LogP contribution in [-0.4, -0.2) is 46.1 Å². The maximum atomic E-state index is 12.7. The lowest BCUT2D eigenvalue weighted by molar-refractivity contribution is -0.173. The number of piperidine rings is 1. The van der Waals surface area contributed by atoms with Crippen LogP contribution in [0.15, 0.2) is 36.7 Å². The van der Waals surface area contributed by atoms with Gasteiger partial charge in [-0.2, -0.15) is 0 Å². The zero-order valence-electron chi connectivity index (χ0n) is 17.1. The lowest BCUT2D eigenvalue weighted by atomic mass is 9.88. The van der Waals surface area contributed by atoms with E-state index in [0.29, 0.717) is 12.5 Å². The van der Waals surface area contributed by atoms with Crippen LogP contribution < -0.4 is 5.32 Å².